The molecule has 2 aromatic rings. The number of nitrogens with one attached hydrogen (secondary N) is 2. The normalized spacial score (nSPS) is 19.1. The lowest BCUT2D eigenvalue weighted by molar-refractivity contribution is -0.120. The highest BCUT2D eigenvalue weighted by Crippen LogP contribution is 2.48. The van der Waals surface area contributed by atoms with Gasteiger partial charge in [0.05, 0.1) is 24.0 Å². The number of ketones is 1. The highest BCUT2D eigenvalue weighted by molar-refractivity contribution is 6.30. The second-order valence-electron chi connectivity index (χ2n) is 9.75. The van der Waals surface area contributed by atoms with Crippen LogP contribution in [0, 0.1) is 5.41 Å². The van der Waals surface area contributed by atoms with Crippen molar-refractivity contribution in [2.24, 2.45) is 5.41 Å². The quantitative estimate of drug-likeness (QED) is 0.538. The first-order chi connectivity index (χ1) is 16.3. The molecule has 0 radical (unpaired) electrons. The molecule has 0 saturated carbocycles. The maximum Gasteiger partial charge on any atom is 0.239 e. The molecule has 0 saturated heterocycles. The van der Waals surface area contributed by atoms with Gasteiger partial charge in [-0.3, -0.25) is 9.59 Å². The molecule has 2 N–H and O–H groups in total. The molecule has 2 aromatic carbocycles. The molecule has 1 aliphatic carbocycles. The first-order valence-electron chi connectivity index (χ1n) is 11.7. The average molecular weight is 482 g/mol. The zero-order chi connectivity index (χ0) is 24.3. The summed E-state index contributed by atoms with van der Waals surface area (Å²) in [6, 6.07) is 15.1. The molecule has 1 amide bonds. The molecule has 0 bridgehead atoms. The third-order valence-corrected chi connectivity index (χ3v) is 6.60. The number of carbonyl (C=O) groups is 2. The van der Waals surface area contributed by atoms with E-state index in [2.05, 4.69) is 24.5 Å². The van der Waals surface area contributed by atoms with Gasteiger partial charge in [0.2, 0.25) is 5.91 Å². The molecule has 2 aliphatic rings. The van der Waals surface area contributed by atoms with Gasteiger partial charge >= 0.3 is 0 Å². The monoisotopic (exact) mass is 481 g/mol. The Bertz CT molecular complexity index is 1090. The minimum atomic E-state index is -0.406. The summed E-state index contributed by atoms with van der Waals surface area (Å²) in [5.74, 6) is 0.00881. The number of amides is 1. The SMILES string of the molecule is COCCCNC(=O)CN1c2ccccc2NC2=C(C(=O)CC(C)(C)C2)C1c1ccc(Cl)cc1. The fourth-order valence-corrected chi connectivity index (χ4v) is 5.00. The van der Waals surface area contributed by atoms with Crippen LogP contribution in [-0.2, 0) is 14.3 Å². The van der Waals surface area contributed by atoms with Gasteiger partial charge in [-0.05, 0) is 48.1 Å². The van der Waals surface area contributed by atoms with E-state index in [4.69, 9.17) is 16.3 Å². The second-order valence-corrected chi connectivity index (χ2v) is 10.2. The molecule has 180 valence electrons. The van der Waals surface area contributed by atoms with Crippen molar-refractivity contribution in [2.75, 3.05) is 37.0 Å². The maximum atomic E-state index is 13.6. The van der Waals surface area contributed by atoms with Gasteiger partial charge in [-0.15, -0.1) is 0 Å². The van der Waals surface area contributed by atoms with Crippen molar-refractivity contribution in [3.63, 3.8) is 0 Å². The van der Waals surface area contributed by atoms with Crippen molar-refractivity contribution < 1.29 is 14.3 Å². The summed E-state index contributed by atoms with van der Waals surface area (Å²) in [4.78, 5) is 28.7. The molecule has 1 aliphatic heterocycles. The summed E-state index contributed by atoms with van der Waals surface area (Å²) in [6.45, 7) is 5.48. The van der Waals surface area contributed by atoms with Crippen molar-refractivity contribution in [1.29, 1.82) is 0 Å². The lowest BCUT2D eigenvalue weighted by Crippen LogP contribution is -2.42. The number of Topliss-reactive ketones (excluding diaryl/α,β-unsaturated/α-hetero) is 1. The predicted molar refractivity (Wildman–Crippen MR) is 136 cm³/mol. The molecule has 6 nitrogen and oxygen atoms in total. The van der Waals surface area contributed by atoms with E-state index in [1.165, 1.54) is 0 Å². The Morgan fingerprint density at radius 1 is 1.18 bits per heavy atom. The molecule has 1 atom stereocenters. The van der Waals surface area contributed by atoms with Crippen molar-refractivity contribution in [3.8, 4) is 0 Å². The summed E-state index contributed by atoms with van der Waals surface area (Å²) in [5, 5.41) is 7.18. The van der Waals surface area contributed by atoms with Gasteiger partial charge in [-0.25, -0.2) is 0 Å². The van der Waals surface area contributed by atoms with Crippen LogP contribution in [0.5, 0.6) is 0 Å². The van der Waals surface area contributed by atoms with E-state index in [1.807, 2.05) is 53.4 Å². The van der Waals surface area contributed by atoms with Crippen LogP contribution in [-0.4, -0.2) is 38.5 Å². The molecule has 0 aromatic heterocycles. The van der Waals surface area contributed by atoms with Crippen LogP contribution in [0.4, 0.5) is 11.4 Å². The van der Waals surface area contributed by atoms with Crippen LogP contribution in [0.15, 0.2) is 59.8 Å². The number of halogens is 1. The Morgan fingerprint density at radius 3 is 2.65 bits per heavy atom. The number of methoxy groups -OCH3 is 1. The van der Waals surface area contributed by atoms with Crippen LogP contribution >= 0.6 is 11.6 Å². The standard InChI is InChI=1S/C27H32ClN3O3/c1-27(2)15-21-25(23(32)16-27)26(18-9-11-19(28)12-10-18)31(17-24(33)29-13-6-14-34-3)22-8-5-4-7-20(22)30-21/h4-5,7-12,26,30H,6,13-17H2,1-3H3,(H,29,33). The molecular formula is C27H32ClN3O3. The minimum Gasteiger partial charge on any atom is -0.385 e. The Kier molecular flexibility index (Phi) is 7.29. The number of anilines is 2. The summed E-state index contributed by atoms with van der Waals surface area (Å²) in [7, 11) is 1.65. The zero-order valence-electron chi connectivity index (χ0n) is 20.0. The molecule has 1 unspecified atom stereocenters. The summed E-state index contributed by atoms with van der Waals surface area (Å²) < 4.78 is 5.08. The van der Waals surface area contributed by atoms with Crippen LogP contribution in [0.25, 0.3) is 0 Å². The van der Waals surface area contributed by atoms with Gasteiger partial charge in [0.25, 0.3) is 0 Å². The first-order valence-corrected chi connectivity index (χ1v) is 12.1. The van der Waals surface area contributed by atoms with E-state index in [1.54, 1.807) is 7.11 Å². The second kappa shape index (κ2) is 10.2. The van der Waals surface area contributed by atoms with E-state index in [9.17, 15) is 9.59 Å². The number of carbonyl (C=O) groups excluding carboxylic acids is 2. The fraction of sp³-hybridized carbons (Fsp3) is 0.407. The topological polar surface area (TPSA) is 70.7 Å². The van der Waals surface area contributed by atoms with Crippen molar-refractivity contribution in [3.05, 3.63) is 70.4 Å². The smallest absolute Gasteiger partial charge is 0.239 e. The summed E-state index contributed by atoms with van der Waals surface area (Å²) >= 11 is 6.19. The third-order valence-electron chi connectivity index (χ3n) is 6.35. The fourth-order valence-electron chi connectivity index (χ4n) is 4.87. The number of allylic oxidation sites excluding steroid dienone is 1. The zero-order valence-corrected chi connectivity index (χ0v) is 20.7. The molecule has 34 heavy (non-hydrogen) atoms. The first kappa shape index (κ1) is 24.3. The van der Waals surface area contributed by atoms with Crippen molar-refractivity contribution in [2.45, 2.75) is 39.2 Å². The molecule has 4 rings (SSSR count). The number of para-hydroxylation sites is 2. The lowest BCUT2D eigenvalue weighted by Gasteiger charge is -2.37. The Balaban J connectivity index is 1.80. The van der Waals surface area contributed by atoms with Crippen LogP contribution < -0.4 is 15.5 Å². The number of benzene rings is 2. The van der Waals surface area contributed by atoms with E-state index in [0.29, 0.717) is 24.6 Å². The van der Waals surface area contributed by atoms with Crippen molar-refractivity contribution in [1.82, 2.24) is 5.32 Å². The molecule has 0 spiro atoms. The Labute approximate surface area is 206 Å². The number of hydrogen-bond donors (Lipinski definition) is 2. The lowest BCUT2D eigenvalue weighted by atomic mass is 9.73. The number of fused-ring (bicyclic) bond motifs is 1. The molecule has 0 fully saturated rings. The van der Waals surface area contributed by atoms with Gasteiger partial charge in [0.15, 0.2) is 5.78 Å². The van der Waals surface area contributed by atoms with Gasteiger partial charge < -0.3 is 20.3 Å². The largest absolute Gasteiger partial charge is 0.385 e. The van der Waals surface area contributed by atoms with Crippen molar-refractivity contribution >= 4 is 34.7 Å². The number of rotatable bonds is 7. The number of hydrogen-bond acceptors (Lipinski definition) is 5. The molecule has 1 heterocycles. The number of ether oxygens (including phenoxy) is 1. The highest BCUT2D eigenvalue weighted by atomic mass is 35.5. The Morgan fingerprint density at radius 2 is 1.91 bits per heavy atom. The van der Waals surface area contributed by atoms with E-state index >= 15 is 0 Å². The Hall–Kier alpha value is -2.83. The van der Waals surface area contributed by atoms with Gasteiger partial charge in [0.1, 0.15) is 0 Å². The van der Waals surface area contributed by atoms with E-state index in [-0.39, 0.29) is 23.7 Å². The van der Waals surface area contributed by atoms with E-state index < -0.39 is 6.04 Å². The van der Waals surface area contributed by atoms with Crippen LogP contribution in [0.2, 0.25) is 5.02 Å². The maximum absolute atomic E-state index is 13.6. The molecule has 7 heteroatoms. The predicted octanol–water partition coefficient (Wildman–Crippen LogP) is 5.11. The third kappa shape index (κ3) is 5.29. The van der Waals surface area contributed by atoms with E-state index in [0.717, 1.165) is 41.1 Å². The number of nitrogens with zero attached hydrogens (tertiary/aromatic N) is 1. The average Bonchev–Trinajstić information content (AvgIpc) is 2.91. The molecular weight excluding hydrogens is 450 g/mol. The van der Waals surface area contributed by atoms with Crippen LogP contribution in [0.3, 0.4) is 0 Å². The van der Waals surface area contributed by atoms with Crippen LogP contribution in [0.1, 0.15) is 44.7 Å². The summed E-state index contributed by atoms with van der Waals surface area (Å²) in [6.07, 6.45) is 1.96. The van der Waals surface area contributed by atoms with Gasteiger partial charge in [-0.2, -0.15) is 0 Å². The minimum absolute atomic E-state index is 0.0995. The summed E-state index contributed by atoms with van der Waals surface area (Å²) in [5.41, 5.74) is 4.21. The van der Waals surface area contributed by atoms with Gasteiger partial charge in [-0.1, -0.05) is 49.7 Å². The van der Waals surface area contributed by atoms with Gasteiger partial charge in [0, 0.05) is 43.0 Å². The highest BCUT2D eigenvalue weighted by Gasteiger charge is 2.41.